The molecule has 0 aliphatic carbocycles. The lowest BCUT2D eigenvalue weighted by Gasteiger charge is -2.25. The summed E-state index contributed by atoms with van der Waals surface area (Å²) in [6, 6.07) is 11.8. The van der Waals surface area contributed by atoms with E-state index < -0.39 is 0 Å². The van der Waals surface area contributed by atoms with Gasteiger partial charge in [-0.15, -0.1) is 0 Å². The van der Waals surface area contributed by atoms with Gasteiger partial charge < -0.3 is 5.73 Å². The van der Waals surface area contributed by atoms with Gasteiger partial charge in [0.05, 0.1) is 15.7 Å². The molecule has 0 amide bonds. The molecule has 0 saturated carbocycles. The molecular weight excluding hydrogens is 327 g/mol. The average Bonchev–Trinajstić information content (AvgIpc) is 2.43. The van der Waals surface area contributed by atoms with Crippen LogP contribution < -0.4 is 5.73 Å². The van der Waals surface area contributed by atoms with Crippen molar-refractivity contribution < 1.29 is 0 Å². The summed E-state index contributed by atoms with van der Waals surface area (Å²) < 4.78 is 0. The van der Waals surface area contributed by atoms with E-state index in [0.29, 0.717) is 22.3 Å². The van der Waals surface area contributed by atoms with Crippen LogP contribution in [0.4, 0.5) is 5.69 Å². The molecule has 2 N–H and O–H groups in total. The van der Waals surface area contributed by atoms with Gasteiger partial charge in [-0.2, -0.15) is 0 Å². The lowest BCUT2D eigenvalue weighted by atomic mass is 10.1. The molecule has 0 spiro atoms. The summed E-state index contributed by atoms with van der Waals surface area (Å²) in [6.07, 6.45) is 0. The van der Waals surface area contributed by atoms with Crippen LogP contribution in [0.25, 0.3) is 0 Å². The molecule has 5 heteroatoms. The molecule has 1 unspecified atom stereocenters. The zero-order valence-corrected chi connectivity index (χ0v) is 14.2. The Morgan fingerprint density at radius 1 is 1.10 bits per heavy atom. The first-order valence-corrected chi connectivity index (χ1v) is 7.71. The molecule has 112 valence electrons. The minimum absolute atomic E-state index is 0.221. The van der Waals surface area contributed by atoms with Crippen molar-refractivity contribution in [3.63, 3.8) is 0 Å². The lowest BCUT2D eigenvalue weighted by Crippen LogP contribution is -2.22. The fraction of sp³-hybridized carbons (Fsp3) is 0.250. The van der Waals surface area contributed by atoms with Crippen LogP contribution in [0.15, 0.2) is 36.4 Å². The van der Waals surface area contributed by atoms with E-state index in [2.05, 4.69) is 17.9 Å². The highest BCUT2D eigenvalue weighted by molar-refractivity contribution is 6.38. The van der Waals surface area contributed by atoms with Crippen molar-refractivity contribution in [3.8, 4) is 0 Å². The number of nitrogen functional groups attached to an aromatic ring is 1. The van der Waals surface area contributed by atoms with Crippen LogP contribution in [-0.4, -0.2) is 11.9 Å². The van der Waals surface area contributed by atoms with Gasteiger partial charge in [-0.3, -0.25) is 4.90 Å². The summed E-state index contributed by atoms with van der Waals surface area (Å²) in [7, 11) is 2.05. The van der Waals surface area contributed by atoms with Crippen LogP contribution in [0.3, 0.4) is 0 Å². The van der Waals surface area contributed by atoms with Gasteiger partial charge in [0, 0.05) is 17.6 Å². The zero-order chi connectivity index (χ0) is 15.6. The summed E-state index contributed by atoms with van der Waals surface area (Å²) in [5.74, 6) is 0. The van der Waals surface area contributed by atoms with Crippen molar-refractivity contribution >= 4 is 40.5 Å². The number of anilines is 1. The highest BCUT2D eigenvalue weighted by atomic mass is 35.5. The Morgan fingerprint density at radius 3 is 2.29 bits per heavy atom. The number of rotatable bonds is 4. The van der Waals surface area contributed by atoms with E-state index in [4.69, 9.17) is 40.5 Å². The summed E-state index contributed by atoms with van der Waals surface area (Å²) in [5.41, 5.74) is 8.37. The molecule has 21 heavy (non-hydrogen) atoms. The largest absolute Gasteiger partial charge is 0.396 e. The minimum atomic E-state index is 0.221. The molecule has 2 nitrogen and oxygen atoms in total. The second-order valence-corrected chi connectivity index (χ2v) is 6.37. The van der Waals surface area contributed by atoms with Gasteiger partial charge in [0.15, 0.2) is 0 Å². The van der Waals surface area contributed by atoms with E-state index in [0.717, 1.165) is 16.1 Å². The minimum Gasteiger partial charge on any atom is -0.396 e. The van der Waals surface area contributed by atoms with Crippen LogP contribution in [0.5, 0.6) is 0 Å². The summed E-state index contributed by atoms with van der Waals surface area (Å²) in [6.45, 7) is 2.85. The van der Waals surface area contributed by atoms with Crippen LogP contribution in [-0.2, 0) is 6.54 Å². The van der Waals surface area contributed by atoms with Crippen LogP contribution in [0.2, 0.25) is 15.1 Å². The van der Waals surface area contributed by atoms with E-state index in [1.54, 1.807) is 0 Å². The van der Waals surface area contributed by atoms with Crippen LogP contribution in [0.1, 0.15) is 24.1 Å². The third-order valence-electron chi connectivity index (χ3n) is 3.56. The highest BCUT2D eigenvalue weighted by Crippen LogP contribution is 2.30. The van der Waals surface area contributed by atoms with E-state index in [1.165, 1.54) is 0 Å². The van der Waals surface area contributed by atoms with E-state index >= 15 is 0 Å². The fourth-order valence-electron chi connectivity index (χ4n) is 2.17. The van der Waals surface area contributed by atoms with E-state index in [1.807, 2.05) is 37.4 Å². The molecular formula is C16H17Cl3N2. The molecule has 0 aliphatic heterocycles. The van der Waals surface area contributed by atoms with E-state index in [9.17, 15) is 0 Å². The molecule has 0 aliphatic rings. The fourth-order valence-corrected chi connectivity index (χ4v) is 2.90. The van der Waals surface area contributed by atoms with Crippen LogP contribution in [0, 0.1) is 0 Å². The van der Waals surface area contributed by atoms with Gasteiger partial charge in [0.1, 0.15) is 0 Å². The Hall–Kier alpha value is -0.930. The maximum Gasteiger partial charge on any atom is 0.0693 e. The van der Waals surface area contributed by atoms with E-state index in [-0.39, 0.29) is 6.04 Å². The SMILES string of the molecule is CC(c1cccc(Cl)c1)N(C)Cc1cc(Cl)c(N)c(Cl)c1. The summed E-state index contributed by atoms with van der Waals surface area (Å²) in [4.78, 5) is 2.20. The maximum atomic E-state index is 6.07. The molecule has 2 aromatic carbocycles. The third kappa shape index (κ3) is 4.04. The van der Waals surface area contributed by atoms with Crippen molar-refractivity contribution in [3.05, 3.63) is 62.6 Å². The second kappa shape index (κ2) is 6.89. The zero-order valence-electron chi connectivity index (χ0n) is 11.9. The molecule has 0 saturated heterocycles. The average molecular weight is 344 g/mol. The number of nitrogens with zero attached hydrogens (tertiary/aromatic N) is 1. The lowest BCUT2D eigenvalue weighted by molar-refractivity contribution is 0.253. The molecule has 0 aromatic heterocycles. The molecule has 2 rings (SSSR count). The molecule has 0 heterocycles. The van der Waals surface area contributed by atoms with Gasteiger partial charge in [0.2, 0.25) is 0 Å². The highest BCUT2D eigenvalue weighted by Gasteiger charge is 2.14. The topological polar surface area (TPSA) is 29.3 Å². The summed E-state index contributed by atoms with van der Waals surface area (Å²) >= 11 is 18.2. The predicted molar refractivity (Wildman–Crippen MR) is 92.2 cm³/mol. The van der Waals surface area contributed by atoms with Gasteiger partial charge in [-0.25, -0.2) is 0 Å². The number of hydrogen-bond acceptors (Lipinski definition) is 2. The first kappa shape index (κ1) is 16.4. The first-order chi connectivity index (χ1) is 9.88. The molecule has 1 atom stereocenters. The van der Waals surface area contributed by atoms with Crippen molar-refractivity contribution in [1.29, 1.82) is 0 Å². The van der Waals surface area contributed by atoms with Crippen LogP contribution >= 0.6 is 34.8 Å². The Bertz CT molecular complexity index is 620. The Labute approximate surface area is 140 Å². The van der Waals surface area contributed by atoms with Gasteiger partial charge in [-0.05, 0) is 49.4 Å². The maximum absolute atomic E-state index is 6.07. The third-order valence-corrected chi connectivity index (χ3v) is 4.42. The molecule has 0 fully saturated rings. The van der Waals surface area contributed by atoms with Gasteiger partial charge in [-0.1, -0.05) is 46.9 Å². The van der Waals surface area contributed by atoms with Crippen molar-refractivity contribution in [1.82, 2.24) is 4.90 Å². The predicted octanol–water partition coefficient (Wildman–Crippen LogP) is 5.42. The van der Waals surface area contributed by atoms with Crippen molar-refractivity contribution in [2.75, 3.05) is 12.8 Å². The number of halogens is 3. The normalized spacial score (nSPS) is 12.7. The Morgan fingerprint density at radius 2 is 1.71 bits per heavy atom. The van der Waals surface area contributed by atoms with Crippen molar-refractivity contribution in [2.24, 2.45) is 0 Å². The number of benzene rings is 2. The Balaban J connectivity index is 2.16. The first-order valence-electron chi connectivity index (χ1n) is 6.57. The molecule has 2 aromatic rings. The van der Waals surface area contributed by atoms with Gasteiger partial charge in [0.25, 0.3) is 0 Å². The molecule has 0 bridgehead atoms. The number of hydrogen-bond donors (Lipinski definition) is 1. The monoisotopic (exact) mass is 342 g/mol. The summed E-state index contributed by atoms with van der Waals surface area (Å²) in [5, 5.41) is 1.72. The standard InChI is InChI=1S/C16H17Cl3N2/c1-10(12-4-3-5-13(17)8-12)21(2)9-11-6-14(18)16(20)15(19)7-11/h3-8,10H,9,20H2,1-2H3. The quantitative estimate of drug-likeness (QED) is 0.751. The smallest absolute Gasteiger partial charge is 0.0693 e. The Kier molecular flexibility index (Phi) is 5.39. The number of nitrogens with two attached hydrogens (primary N) is 1. The molecule has 0 radical (unpaired) electrons. The van der Waals surface area contributed by atoms with Crippen molar-refractivity contribution in [2.45, 2.75) is 19.5 Å². The van der Waals surface area contributed by atoms with Gasteiger partial charge >= 0.3 is 0 Å². The second-order valence-electron chi connectivity index (χ2n) is 5.12.